The Morgan fingerprint density at radius 2 is 1.85 bits per heavy atom. The third-order valence-electron chi connectivity index (χ3n) is 3.44. The summed E-state index contributed by atoms with van der Waals surface area (Å²) >= 11 is 6.20. The lowest BCUT2D eigenvalue weighted by Crippen LogP contribution is -2.30. The van der Waals surface area contributed by atoms with Gasteiger partial charge in [-0.3, -0.25) is 0 Å². The van der Waals surface area contributed by atoms with Gasteiger partial charge in [-0.05, 0) is 11.6 Å². The predicted octanol–water partition coefficient (Wildman–Crippen LogP) is 1.10. The first-order chi connectivity index (χ1) is 9.48. The Labute approximate surface area is 123 Å². The fraction of sp³-hybridized carbons (Fsp3) is 0.500. The van der Waals surface area contributed by atoms with E-state index in [4.69, 9.17) is 21.1 Å². The van der Waals surface area contributed by atoms with Crippen LogP contribution in [0.5, 0.6) is 11.5 Å². The second kappa shape index (κ2) is 5.07. The molecule has 0 aromatic heterocycles. The molecule has 1 aromatic rings. The topological polar surface area (TPSA) is 59.1 Å². The Morgan fingerprint density at radius 3 is 2.45 bits per heavy atom. The number of likely N-dealkylation sites (N-methyl/N-ethyl adjacent to an activating group) is 1. The van der Waals surface area contributed by atoms with E-state index < -0.39 is 10.2 Å². The van der Waals surface area contributed by atoms with Crippen LogP contribution in [0.4, 0.5) is 0 Å². The van der Waals surface area contributed by atoms with Gasteiger partial charge < -0.3 is 9.47 Å². The molecule has 2 heterocycles. The molecule has 0 aliphatic carbocycles. The third-order valence-corrected chi connectivity index (χ3v) is 5.73. The lowest BCUT2D eigenvalue weighted by atomic mass is 10.2. The Kier molecular flexibility index (Phi) is 3.53. The molecular formula is C12H15ClN2O4S. The number of fused-ring (bicyclic) bond motifs is 1. The molecule has 20 heavy (non-hydrogen) atoms. The number of benzene rings is 1. The summed E-state index contributed by atoms with van der Waals surface area (Å²) in [5.41, 5.74) is 0.717. The molecule has 6 nitrogen and oxygen atoms in total. The van der Waals surface area contributed by atoms with E-state index in [1.54, 1.807) is 19.2 Å². The number of rotatable bonds is 2. The van der Waals surface area contributed by atoms with Gasteiger partial charge in [0.25, 0.3) is 10.2 Å². The number of ether oxygens (including phenoxy) is 2. The van der Waals surface area contributed by atoms with Gasteiger partial charge >= 0.3 is 0 Å². The Morgan fingerprint density at radius 1 is 1.20 bits per heavy atom. The quantitative estimate of drug-likeness (QED) is 0.819. The van der Waals surface area contributed by atoms with Gasteiger partial charge in [-0.1, -0.05) is 11.6 Å². The number of hydrogen-bond acceptors (Lipinski definition) is 4. The summed E-state index contributed by atoms with van der Waals surface area (Å²) in [6.07, 6.45) is 0. The normalized spacial score (nSPS) is 22.1. The molecule has 0 spiro atoms. The van der Waals surface area contributed by atoms with Gasteiger partial charge in [0, 0.05) is 37.8 Å². The summed E-state index contributed by atoms with van der Waals surface area (Å²) in [4.78, 5) is 0. The molecule has 0 saturated carbocycles. The van der Waals surface area contributed by atoms with Crippen molar-refractivity contribution in [1.82, 2.24) is 8.61 Å². The van der Waals surface area contributed by atoms with Crippen LogP contribution in [0.25, 0.3) is 0 Å². The van der Waals surface area contributed by atoms with Crippen molar-refractivity contribution in [2.24, 2.45) is 0 Å². The fourth-order valence-electron chi connectivity index (χ4n) is 2.26. The van der Waals surface area contributed by atoms with E-state index in [1.807, 2.05) is 0 Å². The standard InChI is InChI=1S/C12H15ClN2O4S/c1-14-2-3-15(20(14,16)17)8-9-6-11-12(7-10(9)13)19-5-4-18-11/h6-7H,2-5,8H2,1H3. The minimum Gasteiger partial charge on any atom is -0.486 e. The molecular weight excluding hydrogens is 304 g/mol. The molecule has 0 N–H and O–H groups in total. The van der Waals surface area contributed by atoms with Gasteiger partial charge in [-0.15, -0.1) is 0 Å². The van der Waals surface area contributed by atoms with Crippen molar-refractivity contribution >= 4 is 21.8 Å². The van der Waals surface area contributed by atoms with E-state index in [0.717, 1.165) is 5.56 Å². The summed E-state index contributed by atoms with van der Waals surface area (Å²) in [5, 5.41) is 0.485. The van der Waals surface area contributed by atoms with Crippen LogP contribution in [0.1, 0.15) is 5.56 Å². The molecule has 0 atom stereocenters. The highest BCUT2D eigenvalue weighted by molar-refractivity contribution is 7.86. The zero-order valence-corrected chi connectivity index (χ0v) is 12.6. The average Bonchev–Trinajstić information content (AvgIpc) is 2.66. The number of nitrogens with zero attached hydrogens (tertiary/aromatic N) is 2. The van der Waals surface area contributed by atoms with Gasteiger partial charge in [0.15, 0.2) is 11.5 Å². The molecule has 2 aliphatic rings. The highest BCUT2D eigenvalue weighted by Crippen LogP contribution is 2.36. The second-order valence-corrected chi connectivity index (χ2v) is 7.19. The van der Waals surface area contributed by atoms with E-state index in [1.165, 1.54) is 8.61 Å². The molecule has 2 aliphatic heterocycles. The average molecular weight is 319 g/mol. The van der Waals surface area contributed by atoms with Gasteiger partial charge in [0.05, 0.1) is 0 Å². The predicted molar refractivity (Wildman–Crippen MR) is 74.4 cm³/mol. The first kappa shape index (κ1) is 13.9. The summed E-state index contributed by atoms with van der Waals surface area (Å²) in [6, 6.07) is 3.43. The minimum atomic E-state index is -3.37. The maximum absolute atomic E-state index is 12.1. The van der Waals surface area contributed by atoms with Crippen molar-refractivity contribution in [2.75, 3.05) is 33.4 Å². The van der Waals surface area contributed by atoms with Crippen LogP contribution in [0.3, 0.4) is 0 Å². The summed E-state index contributed by atoms with van der Waals surface area (Å²) < 4.78 is 37.8. The summed E-state index contributed by atoms with van der Waals surface area (Å²) in [6.45, 7) is 2.17. The van der Waals surface area contributed by atoms with Crippen LogP contribution in [-0.2, 0) is 16.8 Å². The van der Waals surface area contributed by atoms with E-state index in [0.29, 0.717) is 42.8 Å². The molecule has 0 bridgehead atoms. The van der Waals surface area contributed by atoms with E-state index in [2.05, 4.69) is 0 Å². The molecule has 3 rings (SSSR count). The molecule has 1 fully saturated rings. The van der Waals surface area contributed by atoms with Gasteiger partial charge in [0.2, 0.25) is 0 Å². The molecule has 8 heteroatoms. The second-order valence-electron chi connectivity index (χ2n) is 4.75. The Bertz CT molecular complexity index is 635. The monoisotopic (exact) mass is 318 g/mol. The van der Waals surface area contributed by atoms with Crippen LogP contribution < -0.4 is 9.47 Å². The molecule has 1 saturated heterocycles. The van der Waals surface area contributed by atoms with Crippen LogP contribution >= 0.6 is 11.6 Å². The molecule has 1 aromatic carbocycles. The maximum Gasteiger partial charge on any atom is 0.282 e. The zero-order valence-electron chi connectivity index (χ0n) is 11.0. The summed E-state index contributed by atoms with van der Waals surface area (Å²) in [5.74, 6) is 1.21. The van der Waals surface area contributed by atoms with Crippen LogP contribution in [-0.4, -0.2) is 50.4 Å². The first-order valence-electron chi connectivity index (χ1n) is 6.28. The lowest BCUT2D eigenvalue weighted by Gasteiger charge is -2.21. The molecule has 0 unspecified atom stereocenters. The number of hydrogen-bond donors (Lipinski definition) is 0. The van der Waals surface area contributed by atoms with E-state index >= 15 is 0 Å². The van der Waals surface area contributed by atoms with Gasteiger partial charge in [0.1, 0.15) is 13.2 Å². The van der Waals surface area contributed by atoms with Crippen LogP contribution in [0, 0.1) is 0 Å². The zero-order chi connectivity index (χ0) is 14.3. The SMILES string of the molecule is CN1CCN(Cc2cc3c(cc2Cl)OCCO3)S1(=O)=O. The van der Waals surface area contributed by atoms with Crippen molar-refractivity contribution in [1.29, 1.82) is 0 Å². The Hall–Kier alpha value is -1.02. The first-order valence-corrected chi connectivity index (χ1v) is 8.05. The van der Waals surface area contributed by atoms with Crippen molar-refractivity contribution in [3.05, 3.63) is 22.7 Å². The van der Waals surface area contributed by atoms with Crippen LogP contribution in [0.15, 0.2) is 12.1 Å². The fourth-order valence-corrected chi connectivity index (χ4v) is 3.79. The van der Waals surface area contributed by atoms with Crippen molar-refractivity contribution in [2.45, 2.75) is 6.54 Å². The smallest absolute Gasteiger partial charge is 0.282 e. The minimum absolute atomic E-state index is 0.238. The van der Waals surface area contributed by atoms with Crippen molar-refractivity contribution in [3.8, 4) is 11.5 Å². The molecule has 0 amide bonds. The largest absolute Gasteiger partial charge is 0.486 e. The lowest BCUT2D eigenvalue weighted by molar-refractivity contribution is 0.171. The highest BCUT2D eigenvalue weighted by atomic mass is 35.5. The van der Waals surface area contributed by atoms with E-state index in [9.17, 15) is 8.42 Å². The van der Waals surface area contributed by atoms with Gasteiger partial charge in [-0.25, -0.2) is 0 Å². The molecule has 0 radical (unpaired) electrons. The Balaban J connectivity index is 1.88. The molecule has 110 valence electrons. The highest BCUT2D eigenvalue weighted by Gasteiger charge is 2.34. The summed E-state index contributed by atoms with van der Waals surface area (Å²) in [7, 11) is -1.80. The van der Waals surface area contributed by atoms with Gasteiger partial charge in [-0.2, -0.15) is 17.0 Å². The third kappa shape index (κ3) is 2.35. The maximum atomic E-state index is 12.1. The van der Waals surface area contributed by atoms with E-state index in [-0.39, 0.29) is 6.54 Å². The van der Waals surface area contributed by atoms with Crippen molar-refractivity contribution < 1.29 is 17.9 Å². The van der Waals surface area contributed by atoms with Crippen molar-refractivity contribution in [3.63, 3.8) is 0 Å². The number of halogens is 1. The van der Waals surface area contributed by atoms with Crippen LogP contribution in [0.2, 0.25) is 5.02 Å².